The Morgan fingerprint density at radius 3 is 2.94 bits per heavy atom. The Balaban J connectivity index is 1.53. The number of pyridine rings is 1. The van der Waals surface area contributed by atoms with Crippen molar-refractivity contribution in [1.82, 2.24) is 14.5 Å². The first kappa shape index (κ1) is 24.1. The summed E-state index contributed by atoms with van der Waals surface area (Å²) in [5.41, 5.74) is 8.61. The summed E-state index contributed by atoms with van der Waals surface area (Å²) in [5, 5.41) is 11.2. The molecule has 1 aliphatic rings. The summed E-state index contributed by atoms with van der Waals surface area (Å²) in [6, 6.07) is 10.4. The molecule has 1 fully saturated rings. The van der Waals surface area contributed by atoms with Gasteiger partial charge in [0.15, 0.2) is 0 Å². The van der Waals surface area contributed by atoms with Crippen LogP contribution >= 0.6 is 0 Å². The monoisotopic (exact) mass is 476 g/mol. The molecule has 2 aromatic heterocycles. The molecule has 0 unspecified atom stereocenters. The number of halogens is 1. The Morgan fingerprint density at radius 1 is 1.40 bits per heavy atom. The predicted octanol–water partition coefficient (Wildman–Crippen LogP) is 3.00. The molecule has 0 aliphatic carbocycles. The molecule has 3 heterocycles. The molecule has 35 heavy (non-hydrogen) atoms. The molecular formula is C26H29FN6O2. The molecule has 8 nitrogen and oxygen atoms in total. The Hall–Kier alpha value is -4.03. The number of nitrogens with zero attached hydrogens (tertiary/aromatic N) is 3. The molecule has 4 rings (SSSR count). The number of methoxy groups -OCH3 is 1. The molecule has 0 saturated carbocycles. The Bertz CT molecular complexity index is 1310. The number of ether oxygens (including phenoxy) is 1. The van der Waals surface area contributed by atoms with E-state index in [0.717, 1.165) is 17.6 Å². The van der Waals surface area contributed by atoms with E-state index >= 15 is 0 Å². The molecule has 9 heteroatoms. The highest BCUT2D eigenvalue weighted by Crippen LogP contribution is 2.26. The topological polar surface area (TPSA) is 96.9 Å². The van der Waals surface area contributed by atoms with Gasteiger partial charge in [0.1, 0.15) is 23.4 Å². The van der Waals surface area contributed by atoms with Gasteiger partial charge in [0, 0.05) is 24.2 Å². The minimum atomic E-state index is -0.960. The number of hydrogen-bond acceptors (Lipinski definition) is 6. The van der Waals surface area contributed by atoms with Crippen molar-refractivity contribution in [2.75, 3.05) is 44.4 Å². The van der Waals surface area contributed by atoms with Crippen LogP contribution in [-0.4, -0.2) is 66.4 Å². The van der Waals surface area contributed by atoms with E-state index in [9.17, 15) is 9.18 Å². The Morgan fingerprint density at radius 2 is 2.23 bits per heavy atom. The number of aromatic nitrogens is 2. The molecule has 1 amide bonds. The highest BCUT2D eigenvalue weighted by atomic mass is 19.1. The third kappa shape index (κ3) is 5.23. The van der Waals surface area contributed by atoms with Gasteiger partial charge in [-0.25, -0.2) is 8.91 Å². The lowest BCUT2D eigenvalue weighted by atomic mass is 10.0. The first-order valence-electron chi connectivity index (χ1n) is 11.3. The van der Waals surface area contributed by atoms with Crippen LogP contribution in [0.1, 0.15) is 28.0 Å². The van der Waals surface area contributed by atoms with Crippen molar-refractivity contribution in [3.05, 3.63) is 59.8 Å². The van der Waals surface area contributed by atoms with Gasteiger partial charge in [0.05, 0.1) is 30.9 Å². The summed E-state index contributed by atoms with van der Waals surface area (Å²) < 4.78 is 21.7. The molecule has 0 spiro atoms. The lowest BCUT2D eigenvalue weighted by Crippen LogP contribution is -2.46. The van der Waals surface area contributed by atoms with E-state index in [4.69, 9.17) is 10.5 Å². The van der Waals surface area contributed by atoms with Crippen LogP contribution in [0.3, 0.4) is 0 Å². The molecule has 1 saturated heterocycles. The highest BCUT2D eigenvalue weighted by molar-refractivity contribution is 5.94. The minimum absolute atomic E-state index is 0.275. The van der Waals surface area contributed by atoms with Gasteiger partial charge in [0.2, 0.25) is 5.91 Å². The van der Waals surface area contributed by atoms with Crippen molar-refractivity contribution < 1.29 is 13.9 Å². The number of alkyl halides is 1. The fraction of sp³-hybridized carbons (Fsp3) is 0.308. The summed E-state index contributed by atoms with van der Waals surface area (Å²) in [7, 11) is 3.45. The van der Waals surface area contributed by atoms with Crippen molar-refractivity contribution in [2.45, 2.75) is 18.6 Å². The number of nitrogens with two attached hydrogens (primary N) is 1. The average molecular weight is 477 g/mol. The lowest BCUT2D eigenvalue weighted by molar-refractivity contribution is 0.1000. The average Bonchev–Trinajstić information content (AvgIpc) is 3.21. The molecule has 1 aliphatic heterocycles. The Labute approximate surface area is 203 Å². The van der Waals surface area contributed by atoms with E-state index in [1.165, 1.54) is 7.11 Å². The molecular weight excluding hydrogens is 447 g/mol. The molecule has 1 aromatic carbocycles. The fourth-order valence-electron chi connectivity index (χ4n) is 4.16. The zero-order valence-corrected chi connectivity index (χ0v) is 19.8. The van der Waals surface area contributed by atoms with Crippen LogP contribution in [0, 0.1) is 11.8 Å². The zero-order valence-electron chi connectivity index (χ0n) is 19.8. The van der Waals surface area contributed by atoms with Crippen molar-refractivity contribution in [2.24, 2.45) is 5.73 Å². The SMILES string of the molecule is C=Cc1c(C#CCNc2ccc(C(N)=O)cc2OC)nn2c(N[C@@H]3CCN(C)C[C@@H]3F)cccc12. The Kier molecular flexibility index (Phi) is 7.22. The number of piperidine rings is 1. The molecule has 4 N–H and O–H groups in total. The van der Waals surface area contributed by atoms with Gasteiger partial charge in [-0.3, -0.25) is 4.79 Å². The van der Waals surface area contributed by atoms with E-state index in [-0.39, 0.29) is 6.04 Å². The van der Waals surface area contributed by atoms with Crippen LogP contribution in [0.25, 0.3) is 11.6 Å². The second-order valence-electron chi connectivity index (χ2n) is 8.43. The van der Waals surface area contributed by atoms with Gasteiger partial charge < -0.3 is 26.0 Å². The largest absolute Gasteiger partial charge is 0.495 e. The van der Waals surface area contributed by atoms with Crippen molar-refractivity contribution in [3.8, 4) is 17.6 Å². The first-order chi connectivity index (χ1) is 16.9. The quantitative estimate of drug-likeness (QED) is 0.454. The summed E-state index contributed by atoms with van der Waals surface area (Å²) in [6.07, 6.45) is 1.48. The van der Waals surface area contributed by atoms with E-state index in [1.807, 2.05) is 30.1 Å². The molecule has 2 atom stereocenters. The van der Waals surface area contributed by atoms with Gasteiger partial charge in [-0.05, 0) is 49.7 Å². The van der Waals surface area contributed by atoms with E-state index in [1.54, 1.807) is 28.8 Å². The number of nitrogens with one attached hydrogen (secondary N) is 2. The third-order valence-electron chi connectivity index (χ3n) is 6.04. The maximum atomic E-state index is 14.6. The highest BCUT2D eigenvalue weighted by Gasteiger charge is 2.28. The number of anilines is 2. The van der Waals surface area contributed by atoms with Crippen LogP contribution in [0.5, 0.6) is 5.75 Å². The number of fused-ring (bicyclic) bond motifs is 1. The summed E-state index contributed by atoms with van der Waals surface area (Å²) in [6.45, 7) is 5.49. The summed E-state index contributed by atoms with van der Waals surface area (Å²) >= 11 is 0. The number of hydrogen-bond donors (Lipinski definition) is 3. The molecule has 3 aromatic rings. The third-order valence-corrected chi connectivity index (χ3v) is 6.04. The predicted molar refractivity (Wildman–Crippen MR) is 137 cm³/mol. The number of benzene rings is 1. The van der Waals surface area contributed by atoms with E-state index in [2.05, 4.69) is 34.2 Å². The van der Waals surface area contributed by atoms with Crippen LogP contribution in [0.15, 0.2) is 43.0 Å². The van der Waals surface area contributed by atoms with Crippen molar-refractivity contribution in [1.29, 1.82) is 0 Å². The standard InChI is InChI=1S/C26H29FN6O2/c1-4-18-20(7-6-13-29-22-11-10-17(26(28)34)15-24(22)35-3)31-33-23(18)8-5-9-25(33)30-21-12-14-32(2)16-19(21)27/h4-5,8-11,15,19,21,29-30H,1,12-14,16H2,2-3H3,(H2,28,34)/t19-,21+/m0/s1. The number of carbonyl (C=O) groups excluding carboxylic acids is 1. The second kappa shape index (κ2) is 10.5. The second-order valence-corrected chi connectivity index (χ2v) is 8.43. The summed E-state index contributed by atoms with van der Waals surface area (Å²) in [4.78, 5) is 13.4. The minimum Gasteiger partial charge on any atom is -0.495 e. The number of rotatable bonds is 7. The summed E-state index contributed by atoms with van der Waals surface area (Å²) in [5.74, 6) is 6.86. The first-order valence-corrected chi connectivity index (χ1v) is 11.3. The van der Waals surface area contributed by atoms with Crippen molar-refractivity contribution in [3.63, 3.8) is 0 Å². The number of primary amides is 1. The van der Waals surface area contributed by atoms with Crippen LogP contribution in [0.4, 0.5) is 15.9 Å². The number of amides is 1. The number of likely N-dealkylation sites (tertiary alicyclic amines) is 1. The van der Waals surface area contributed by atoms with Crippen molar-refractivity contribution >= 4 is 29.0 Å². The molecule has 0 radical (unpaired) electrons. The maximum absolute atomic E-state index is 14.6. The van der Waals surface area contributed by atoms with Crippen LogP contribution < -0.4 is 21.1 Å². The van der Waals surface area contributed by atoms with Gasteiger partial charge in [-0.2, -0.15) is 5.10 Å². The maximum Gasteiger partial charge on any atom is 0.248 e. The number of carbonyl (C=O) groups is 1. The lowest BCUT2D eigenvalue weighted by Gasteiger charge is -2.33. The van der Waals surface area contributed by atoms with Gasteiger partial charge >= 0.3 is 0 Å². The van der Waals surface area contributed by atoms with Gasteiger partial charge in [-0.15, -0.1) is 0 Å². The smallest absolute Gasteiger partial charge is 0.248 e. The van der Waals surface area contributed by atoms with Crippen LogP contribution in [-0.2, 0) is 0 Å². The van der Waals surface area contributed by atoms with Gasteiger partial charge in [0.25, 0.3) is 0 Å². The van der Waals surface area contributed by atoms with E-state index < -0.39 is 12.1 Å². The van der Waals surface area contributed by atoms with E-state index in [0.29, 0.717) is 48.0 Å². The molecule has 0 bridgehead atoms. The van der Waals surface area contributed by atoms with Gasteiger partial charge in [-0.1, -0.05) is 24.6 Å². The zero-order chi connectivity index (χ0) is 24.9. The fourth-order valence-corrected chi connectivity index (χ4v) is 4.16. The molecule has 182 valence electrons. The normalized spacial score (nSPS) is 17.9. The van der Waals surface area contributed by atoms with Crippen LogP contribution in [0.2, 0.25) is 0 Å².